The number of benzene rings is 2. The van der Waals surface area contributed by atoms with Crippen molar-refractivity contribution < 1.29 is 9.53 Å². The largest absolute Gasteiger partial charge is 0.495 e. The average molecular weight is 411 g/mol. The fourth-order valence-electron chi connectivity index (χ4n) is 2.83. The lowest BCUT2D eigenvalue weighted by molar-refractivity contribution is -0.116. The third-order valence-electron chi connectivity index (χ3n) is 4.18. The molecule has 4 rings (SSSR count). The van der Waals surface area contributed by atoms with Gasteiger partial charge in [0.1, 0.15) is 18.6 Å². The van der Waals surface area contributed by atoms with Crippen LogP contribution in [-0.2, 0) is 11.3 Å². The molecule has 4 aromatic rings. The van der Waals surface area contributed by atoms with Crippen molar-refractivity contribution in [2.45, 2.75) is 6.54 Å². The number of ether oxygens (including phenoxy) is 1. The van der Waals surface area contributed by atoms with Crippen LogP contribution in [0, 0.1) is 0 Å². The first-order valence-corrected chi connectivity index (χ1v) is 8.94. The molecule has 0 aliphatic heterocycles. The molecule has 0 spiro atoms. The number of aromatic nitrogens is 5. The van der Waals surface area contributed by atoms with Gasteiger partial charge < -0.3 is 10.1 Å². The summed E-state index contributed by atoms with van der Waals surface area (Å²) in [6.45, 7) is -0.232. The smallest absolute Gasteiger partial charge is 0.284 e. The minimum atomic E-state index is -0.474. The first-order valence-electron chi connectivity index (χ1n) is 8.56. The SMILES string of the molecule is COc1ccccc1NC(=O)Cn1cnc2c(nnn2-c2cccc(Cl)c2)c1=O. The molecule has 146 valence electrons. The zero-order chi connectivity index (χ0) is 20.4. The number of nitrogens with one attached hydrogen (secondary N) is 1. The lowest BCUT2D eigenvalue weighted by atomic mass is 10.3. The minimum absolute atomic E-state index is 0.0533. The second-order valence-electron chi connectivity index (χ2n) is 6.08. The predicted molar refractivity (Wildman–Crippen MR) is 108 cm³/mol. The monoisotopic (exact) mass is 410 g/mol. The molecule has 2 heterocycles. The van der Waals surface area contributed by atoms with Crippen molar-refractivity contribution in [2.75, 3.05) is 12.4 Å². The fourth-order valence-corrected chi connectivity index (χ4v) is 3.02. The van der Waals surface area contributed by atoms with Gasteiger partial charge in [0.15, 0.2) is 11.2 Å². The van der Waals surface area contributed by atoms with E-state index in [1.165, 1.54) is 22.7 Å². The quantitative estimate of drug-likeness (QED) is 0.541. The predicted octanol–water partition coefficient (Wildman–Crippen LogP) is 2.28. The maximum atomic E-state index is 12.7. The van der Waals surface area contributed by atoms with Gasteiger partial charge in [-0.2, -0.15) is 4.68 Å². The van der Waals surface area contributed by atoms with E-state index in [1.807, 2.05) is 0 Å². The number of halogens is 1. The summed E-state index contributed by atoms with van der Waals surface area (Å²) >= 11 is 6.01. The number of carbonyl (C=O) groups excluding carboxylic acids is 1. The van der Waals surface area contributed by atoms with Crippen molar-refractivity contribution in [3.63, 3.8) is 0 Å². The lowest BCUT2D eigenvalue weighted by Gasteiger charge is -2.10. The molecule has 0 radical (unpaired) electrons. The average Bonchev–Trinajstić information content (AvgIpc) is 3.15. The summed E-state index contributed by atoms with van der Waals surface area (Å²) in [4.78, 5) is 29.4. The van der Waals surface area contributed by atoms with E-state index < -0.39 is 11.5 Å². The summed E-state index contributed by atoms with van der Waals surface area (Å²) in [6.07, 6.45) is 1.29. The van der Waals surface area contributed by atoms with Crippen LogP contribution in [0.25, 0.3) is 16.9 Å². The zero-order valence-electron chi connectivity index (χ0n) is 15.2. The van der Waals surface area contributed by atoms with E-state index in [-0.39, 0.29) is 17.7 Å². The van der Waals surface area contributed by atoms with E-state index in [9.17, 15) is 9.59 Å². The van der Waals surface area contributed by atoms with Crippen LogP contribution in [-0.4, -0.2) is 37.6 Å². The van der Waals surface area contributed by atoms with Crippen LogP contribution in [0.4, 0.5) is 5.69 Å². The highest BCUT2D eigenvalue weighted by molar-refractivity contribution is 6.30. The normalized spacial score (nSPS) is 10.8. The van der Waals surface area contributed by atoms with Gasteiger partial charge in [0, 0.05) is 5.02 Å². The van der Waals surface area contributed by atoms with Gasteiger partial charge in [0.25, 0.3) is 5.56 Å². The maximum absolute atomic E-state index is 12.7. The number of nitrogens with zero attached hydrogens (tertiary/aromatic N) is 5. The summed E-state index contributed by atoms with van der Waals surface area (Å²) in [5, 5.41) is 11.2. The Morgan fingerprint density at radius 2 is 2.03 bits per heavy atom. The molecule has 0 unspecified atom stereocenters. The number of hydrogen-bond acceptors (Lipinski definition) is 6. The third-order valence-corrected chi connectivity index (χ3v) is 4.41. The molecule has 0 bridgehead atoms. The van der Waals surface area contributed by atoms with Crippen LogP contribution in [0.1, 0.15) is 0 Å². The van der Waals surface area contributed by atoms with Crippen molar-refractivity contribution in [1.82, 2.24) is 24.5 Å². The van der Waals surface area contributed by atoms with Crippen LogP contribution in [0.3, 0.4) is 0 Å². The van der Waals surface area contributed by atoms with Crippen LogP contribution in [0.5, 0.6) is 5.75 Å². The molecule has 29 heavy (non-hydrogen) atoms. The number of amides is 1. The highest BCUT2D eigenvalue weighted by Gasteiger charge is 2.15. The van der Waals surface area contributed by atoms with Gasteiger partial charge in [-0.25, -0.2) is 4.98 Å². The topological polar surface area (TPSA) is 104 Å². The van der Waals surface area contributed by atoms with Gasteiger partial charge >= 0.3 is 0 Å². The van der Waals surface area contributed by atoms with Crippen LogP contribution in [0.15, 0.2) is 59.7 Å². The first-order chi connectivity index (χ1) is 14.1. The van der Waals surface area contributed by atoms with Crippen molar-refractivity contribution in [3.8, 4) is 11.4 Å². The molecule has 0 fully saturated rings. The maximum Gasteiger partial charge on any atom is 0.284 e. The zero-order valence-corrected chi connectivity index (χ0v) is 16.0. The standard InChI is InChI=1S/C19H15ClN6O3/c1-29-15-8-3-2-7-14(15)22-16(27)10-25-11-21-18-17(19(25)28)23-24-26(18)13-6-4-5-12(20)9-13/h2-9,11H,10H2,1H3,(H,22,27). The molecular formula is C19H15ClN6O3. The summed E-state index contributed by atoms with van der Waals surface area (Å²) < 4.78 is 7.79. The highest BCUT2D eigenvalue weighted by atomic mass is 35.5. The molecular weight excluding hydrogens is 396 g/mol. The van der Waals surface area contributed by atoms with Gasteiger partial charge in [-0.05, 0) is 30.3 Å². The molecule has 2 aromatic heterocycles. The Kier molecular flexibility index (Phi) is 4.96. The number of anilines is 1. The van der Waals surface area contributed by atoms with Gasteiger partial charge in [0.2, 0.25) is 5.91 Å². The molecule has 2 aromatic carbocycles. The Bertz CT molecular complexity index is 1270. The van der Waals surface area contributed by atoms with Crippen LogP contribution < -0.4 is 15.6 Å². The first kappa shape index (κ1) is 18.6. The van der Waals surface area contributed by atoms with Crippen molar-refractivity contribution in [1.29, 1.82) is 0 Å². The molecule has 0 saturated carbocycles. The van der Waals surface area contributed by atoms with E-state index >= 15 is 0 Å². The second kappa shape index (κ2) is 7.72. The van der Waals surface area contributed by atoms with Gasteiger partial charge in [-0.1, -0.05) is 35.0 Å². The summed E-state index contributed by atoms with van der Waals surface area (Å²) in [6, 6.07) is 13.9. The molecule has 0 aliphatic carbocycles. The summed E-state index contributed by atoms with van der Waals surface area (Å²) in [7, 11) is 1.51. The molecule has 0 atom stereocenters. The van der Waals surface area contributed by atoms with Crippen molar-refractivity contribution in [2.24, 2.45) is 0 Å². The number of hydrogen-bond donors (Lipinski definition) is 1. The van der Waals surface area contributed by atoms with E-state index in [1.54, 1.807) is 48.5 Å². The Hall–Kier alpha value is -3.72. The lowest BCUT2D eigenvalue weighted by Crippen LogP contribution is -2.28. The molecule has 9 nitrogen and oxygen atoms in total. The summed E-state index contributed by atoms with van der Waals surface area (Å²) in [5.74, 6) is 0.117. The van der Waals surface area contributed by atoms with Gasteiger partial charge in [-0.3, -0.25) is 14.2 Å². The van der Waals surface area contributed by atoms with Crippen molar-refractivity contribution in [3.05, 3.63) is 70.2 Å². The van der Waals surface area contributed by atoms with E-state index in [4.69, 9.17) is 16.3 Å². The van der Waals surface area contributed by atoms with E-state index in [0.29, 0.717) is 22.1 Å². The minimum Gasteiger partial charge on any atom is -0.495 e. The Balaban J connectivity index is 1.62. The molecule has 1 N–H and O–H groups in total. The van der Waals surface area contributed by atoms with E-state index in [2.05, 4.69) is 20.6 Å². The fraction of sp³-hybridized carbons (Fsp3) is 0.105. The third kappa shape index (κ3) is 3.67. The Morgan fingerprint density at radius 1 is 1.21 bits per heavy atom. The number of methoxy groups -OCH3 is 1. The summed E-state index contributed by atoms with van der Waals surface area (Å²) in [5.41, 5.74) is 0.988. The Morgan fingerprint density at radius 3 is 2.83 bits per heavy atom. The second-order valence-corrected chi connectivity index (χ2v) is 6.52. The molecule has 0 saturated heterocycles. The van der Waals surface area contributed by atoms with Crippen LogP contribution in [0.2, 0.25) is 5.02 Å². The number of rotatable bonds is 5. The van der Waals surface area contributed by atoms with Crippen molar-refractivity contribution >= 4 is 34.4 Å². The number of carbonyl (C=O) groups is 1. The molecule has 10 heteroatoms. The Labute approximate surface area is 169 Å². The molecule has 1 amide bonds. The van der Waals surface area contributed by atoms with Gasteiger partial charge in [-0.15, -0.1) is 5.10 Å². The molecule has 0 aliphatic rings. The number of para-hydroxylation sites is 2. The highest BCUT2D eigenvalue weighted by Crippen LogP contribution is 2.23. The van der Waals surface area contributed by atoms with Crippen LogP contribution >= 0.6 is 11.6 Å². The van der Waals surface area contributed by atoms with Gasteiger partial charge in [0.05, 0.1) is 18.5 Å². The van der Waals surface area contributed by atoms with E-state index in [0.717, 1.165) is 0 Å². The number of fused-ring (bicyclic) bond motifs is 1.